The van der Waals surface area contributed by atoms with Gasteiger partial charge in [-0.3, -0.25) is 4.79 Å². The number of thioether (sulfide) groups is 1. The molecule has 6 nitrogen and oxygen atoms in total. The molecule has 0 saturated carbocycles. The van der Waals surface area contributed by atoms with Gasteiger partial charge in [0.2, 0.25) is 5.91 Å². The van der Waals surface area contributed by atoms with Crippen molar-refractivity contribution >= 4 is 23.4 Å². The SMILES string of the molecule is O=C(Nc1ccc(F)cc1)[C@@H](Sc1nnc(-c2ccco2)o1)c1ccccc1. The predicted molar refractivity (Wildman–Crippen MR) is 102 cm³/mol. The molecule has 28 heavy (non-hydrogen) atoms. The molecule has 0 saturated heterocycles. The van der Waals surface area contributed by atoms with E-state index in [0.29, 0.717) is 11.4 Å². The molecule has 0 aliphatic rings. The van der Waals surface area contributed by atoms with Gasteiger partial charge in [-0.05, 0) is 53.7 Å². The van der Waals surface area contributed by atoms with Gasteiger partial charge < -0.3 is 14.2 Å². The van der Waals surface area contributed by atoms with E-state index in [0.717, 1.165) is 17.3 Å². The third-order valence-electron chi connectivity index (χ3n) is 3.81. The topological polar surface area (TPSA) is 81.2 Å². The highest BCUT2D eigenvalue weighted by Crippen LogP contribution is 2.36. The average molecular weight is 395 g/mol. The monoisotopic (exact) mass is 395 g/mol. The van der Waals surface area contributed by atoms with Crippen molar-refractivity contribution in [2.24, 2.45) is 0 Å². The first-order chi connectivity index (χ1) is 13.7. The minimum absolute atomic E-state index is 0.231. The number of nitrogens with one attached hydrogen (secondary N) is 1. The minimum Gasteiger partial charge on any atom is -0.459 e. The number of anilines is 1. The Balaban J connectivity index is 1.57. The van der Waals surface area contributed by atoms with Crippen molar-refractivity contribution in [2.45, 2.75) is 10.5 Å². The third kappa shape index (κ3) is 4.12. The van der Waals surface area contributed by atoms with Gasteiger partial charge in [-0.2, -0.15) is 0 Å². The molecule has 0 fully saturated rings. The zero-order valence-corrected chi connectivity index (χ0v) is 15.2. The zero-order chi connectivity index (χ0) is 19.3. The molecule has 2 aromatic heterocycles. The highest BCUT2D eigenvalue weighted by molar-refractivity contribution is 8.00. The largest absolute Gasteiger partial charge is 0.459 e. The minimum atomic E-state index is -0.642. The van der Waals surface area contributed by atoms with Crippen LogP contribution in [0.2, 0.25) is 0 Å². The Labute approximate surface area is 163 Å². The Morgan fingerprint density at radius 1 is 1.00 bits per heavy atom. The highest BCUT2D eigenvalue weighted by atomic mass is 32.2. The molecule has 4 rings (SSSR count). The van der Waals surface area contributed by atoms with Crippen LogP contribution in [0.3, 0.4) is 0 Å². The number of hydrogen-bond donors (Lipinski definition) is 1. The maximum atomic E-state index is 13.1. The maximum Gasteiger partial charge on any atom is 0.284 e. The van der Waals surface area contributed by atoms with Crippen LogP contribution in [0.4, 0.5) is 10.1 Å². The Hall–Kier alpha value is -3.39. The first kappa shape index (κ1) is 18.0. The fourth-order valence-electron chi connectivity index (χ4n) is 2.50. The predicted octanol–water partition coefficient (Wildman–Crippen LogP) is 4.94. The number of benzene rings is 2. The normalized spacial score (nSPS) is 11.9. The second-order valence-electron chi connectivity index (χ2n) is 5.76. The number of halogens is 1. The molecule has 2 aromatic carbocycles. The summed E-state index contributed by atoms with van der Waals surface area (Å²) in [5.74, 6) is 0.0217. The summed E-state index contributed by atoms with van der Waals surface area (Å²) in [4.78, 5) is 12.9. The molecule has 1 N–H and O–H groups in total. The third-order valence-corrected chi connectivity index (χ3v) is 4.90. The maximum absolute atomic E-state index is 13.1. The standard InChI is InChI=1S/C20H14FN3O3S/c21-14-8-10-15(11-9-14)22-18(25)17(13-5-2-1-3-6-13)28-20-24-23-19(27-20)16-7-4-12-26-16/h1-12,17H,(H,22,25)/t17-/m0/s1. The Morgan fingerprint density at radius 2 is 1.79 bits per heavy atom. The number of furan rings is 1. The Kier molecular flexibility index (Phi) is 5.20. The average Bonchev–Trinajstić information content (AvgIpc) is 3.40. The number of aromatic nitrogens is 2. The van der Waals surface area contributed by atoms with Crippen molar-refractivity contribution < 1.29 is 18.0 Å². The van der Waals surface area contributed by atoms with E-state index >= 15 is 0 Å². The molecule has 0 bridgehead atoms. The van der Waals surface area contributed by atoms with Crippen LogP contribution < -0.4 is 5.32 Å². The van der Waals surface area contributed by atoms with E-state index in [9.17, 15) is 9.18 Å². The van der Waals surface area contributed by atoms with E-state index in [1.165, 1.54) is 30.5 Å². The summed E-state index contributed by atoms with van der Waals surface area (Å²) in [7, 11) is 0. The van der Waals surface area contributed by atoms with Crippen molar-refractivity contribution in [3.8, 4) is 11.7 Å². The van der Waals surface area contributed by atoms with Crippen LogP contribution >= 0.6 is 11.8 Å². The fraction of sp³-hybridized carbons (Fsp3) is 0.0500. The summed E-state index contributed by atoms with van der Waals surface area (Å²) in [6.45, 7) is 0. The summed E-state index contributed by atoms with van der Waals surface area (Å²) in [6, 6.07) is 18.2. The number of nitrogens with zero attached hydrogens (tertiary/aromatic N) is 2. The zero-order valence-electron chi connectivity index (χ0n) is 14.4. The molecule has 4 aromatic rings. The van der Waals surface area contributed by atoms with E-state index in [4.69, 9.17) is 8.83 Å². The summed E-state index contributed by atoms with van der Waals surface area (Å²) in [6.07, 6.45) is 1.51. The van der Waals surface area contributed by atoms with Crippen LogP contribution in [0, 0.1) is 5.82 Å². The lowest BCUT2D eigenvalue weighted by molar-refractivity contribution is -0.115. The van der Waals surface area contributed by atoms with Gasteiger partial charge in [-0.15, -0.1) is 10.2 Å². The lowest BCUT2D eigenvalue weighted by atomic mass is 10.1. The first-order valence-electron chi connectivity index (χ1n) is 8.34. The number of rotatable bonds is 6. The van der Waals surface area contributed by atoms with Crippen LogP contribution in [0.15, 0.2) is 87.1 Å². The molecular formula is C20H14FN3O3S. The number of hydrogen-bond acceptors (Lipinski definition) is 6. The van der Waals surface area contributed by atoms with Gasteiger partial charge in [0.15, 0.2) is 5.76 Å². The molecule has 0 unspecified atom stereocenters. The van der Waals surface area contributed by atoms with Crippen LogP contribution in [0.1, 0.15) is 10.8 Å². The number of amides is 1. The van der Waals surface area contributed by atoms with Crippen LogP contribution in [-0.4, -0.2) is 16.1 Å². The Bertz CT molecular complexity index is 1050. The quantitative estimate of drug-likeness (QED) is 0.466. The fourth-order valence-corrected chi connectivity index (χ4v) is 3.38. The number of carbonyl (C=O) groups excluding carboxylic acids is 1. The molecule has 2 heterocycles. The molecule has 0 radical (unpaired) electrons. The lowest BCUT2D eigenvalue weighted by Crippen LogP contribution is -2.19. The molecule has 8 heteroatoms. The Morgan fingerprint density at radius 3 is 2.50 bits per heavy atom. The van der Waals surface area contributed by atoms with Crippen LogP contribution in [-0.2, 0) is 4.79 Å². The van der Waals surface area contributed by atoms with Gasteiger partial charge in [0.05, 0.1) is 6.26 Å². The molecule has 140 valence electrons. The molecule has 1 amide bonds. The van der Waals surface area contributed by atoms with Gasteiger partial charge in [0.25, 0.3) is 11.1 Å². The van der Waals surface area contributed by atoms with E-state index in [1.807, 2.05) is 30.3 Å². The molecule has 0 aliphatic heterocycles. The molecule has 1 atom stereocenters. The number of carbonyl (C=O) groups is 1. The van der Waals surface area contributed by atoms with Gasteiger partial charge in [0, 0.05) is 5.69 Å². The summed E-state index contributed by atoms with van der Waals surface area (Å²) < 4.78 is 24.0. The molecule has 0 aliphatic carbocycles. The van der Waals surface area contributed by atoms with Crippen molar-refractivity contribution in [3.05, 3.63) is 84.4 Å². The first-order valence-corrected chi connectivity index (χ1v) is 9.22. The van der Waals surface area contributed by atoms with Gasteiger partial charge >= 0.3 is 0 Å². The van der Waals surface area contributed by atoms with Crippen LogP contribution in [0.25, 0.3) is 11.7 Å². The van der Waals surface area contributed by atoms with Crippen molar-refractivity contribution in [1.82, 2.24) is 10.2 Å². The van der Waals surface area contributed by atoms with Gasteiger partial charge in [-0.1, -0.05) is 30.3 Å². The van der Waals surface area contributed by atoms with Gasteiger partial charge in [-0.25, -0.2) is 4.39 Å². The van der Waals surface area contributed by atoms with Crippen molar-refractivity contribution in [3.63, 3.8) is 0 Å². The van der Waals surface area contributed by atoms with E-state index in [-0.39, 0.29) is 22.8 Å². The summed E-state index contributed by atoms with van der Waals surface area (Å²) in [5.41, 5.74) is 1.26. The highest BCUT2D eigenvalue weighted by Gasteiger charge is 2.25. The summed E-state index contributed by atoms with van der Waals surface area (Å²) >= 11 is 1.12. The smallest absolute Gasteiger partial charge is 0.284 e. The second-order valence-corrected chi connectivity index (χ2v) is 6.81. The lowest BCUT2D eigenvalue weighted by Gasteiger charge is -2.15. The van der Waals surface area contributed by atoms with Crippen molar-refractivity contribution in [2.75, 3.05) is 5.32 Å². The molecular weight excluding hydrogens is 381 g/mol. The second kappa shape index (κ2) is 8.10. The van der Waals surface area contributed by atoms with E-state index < -0.39 is 5.25 Å². The van der Waals surface area contributed by atoms with E-state index in [2.05, 4.69) is 15.5 Å². The van der Waals surface area contributed by atoms with Crippen LogP contribution in [0.5, 0.6) is 0 Å². The van der Waals surface area contributed by atoms with E-state index in [1.54, 1.807) is 12.1 Å². The summed E-state index contributed by atoms with van der Waals surface area (Å²) in [5, 5.41) is 10.3. The van der Waals surface area contributed by atoms with Gasteiger partial charge in [0.1, 0.15) is 11.1 Å². The molecule has 0 spiro atoms. The van der Waals surface area contributed by atoms with Crippen molar-refractivity contribution in [1.29, 1.82) is 0 Å².